The summed E-state index contributed by atoms with van der Waals surface area (Å²) in [4.78, 5) is 11.7. The number of aromatic amines is 1. The van der Waals surface area contributed by atoms with E-state index in [-0.39, 0.29) is 5.56 Å². The molecule has 0 aliphatic heterocycles. The number of nitrogens with one attached hydrogen (secondary N) is 1. The fourth-order valence-electron chi connectivity index (χ4n) is 2.65. The van der Waals surface area contributed by atoms with Crippen molar-refractivity contribution >= 4 is 23.2 Å². The maximum absolute atomic E-state index is 14.1. The molecular formula is C22H12Cl2FN3. The van der Waals surface area contributed by atoms with Gasteiger partial charge in [-0.25, -0.2) is 14.4 Å². The van der Waals surface area contributed by atoms with E-state index in [0.717, 1.165) is 11.1 Å². The van der Waals surface area contributed by atoms with E-state index in [1.54, 1.807) is 36.7 Å². The van der Waals surface area contributed by atoms with Gasteiger partial charge in [-0.3, -0.25) is 0 Å². The van der Waals surface area contributed by atoms with Gasteiger partial charge in [-0.1, -0.05) is 41.3 Å². The Balaban J connectivity index is 1.58. The lowest BCUT2D eigenvalue weighted by atomic mass is 10.2. The van der Waals surface area contributed by atoms with E-state index < -0.39 is 5.82 Å². The molecule has 0 aliphatic rings. The van der Waals surface area contributed by atoms with Crippen LogP contribution in [0.15, 0.2) is 67.0 Å². The average Bonchev–Trinajstić information content (AvgIpc) is 3.16. The first-order chi connectivity index (χ1) is 13.6. The van der Waals surface area contributed by atoms with Gasteiger partial charge in [0, 0.05) is 22.3 Å². The first-order valence-corrected chi connectivity index (χ1v) is 9.09. The summed E-state index contributed by atoms with van der Waals surface area (Å²) >= 11 is 12.1. The van der Waals surface area contributed by atoms with Crippen molar-refractivity contribution in [2.24, 2.45) is 0 Å². The molecule has 3 nitrogen and oxygen atoms in total. The molecule has 6 heteroatoms. The van der Waals surface area contributed by atoms with Crippen LogP contribution in [0, 0.1) is 17.7 Å². The van der Waals surface area contributed by atoms with E-state index in [4.69, 9.17) is 23.2 Å². The number of H-pyrrole nitrogens is 1. The van der Waals surface area contributed by atoms with E-state index in [9.17, 15) is 4.39 Å². The Bertz CT molecular complexity index is 1180. The van der Waals surface area contributed by atoms with Gasteiger partial charge in [0.1, 0.15) is 17.3 Å². The molecule has 0 saturated carbocycles. The summed E-state index contributed by atoms with van der Waals surface area (Å²) in [6.45, 7) is 0. The lowest BCUT2D eigenvalue weighted by Crippen LogP contribution is -1.88. The molecule has 0 atom stereocenters. The third-order valence-electron chi connectivity index (χ3n) is 4.01. The zero-order chi connectivity index (χ0) is 19.5. The molecule has 0 amide bonds. The number of benzene rings is 2. The van der Waals surface area contributed by atoms with Crippen molar-refractivity contribution in [3.63, 3.8) is 0 Å². The number of hydrogen-bond donors (Lipinski definition) is 1. The molecule has 0 radical (unpaired) electrons. The van der Waals surface area contributed by atoms with Gasteiger partial charge in [-0.05, 0) is 48.4 Å². The van der Waals surface area contributed by atoms with Crippen molar-refractivity contribution in [1.82, 2.24) is 15.0 Å². The predicted octanol–water partition coefficient (Wildman–Crippen LogP) is 5.98. The highest BCUT2D eigenvalue weighted by atomic mass is 35.5. The van der Waals surface area contributed by atoms with Crippen molar-refractivity contribution in [2.45, 2.75) is 0 Å². The quantitative estimate of drug-likeness (QED) is 0.415. The highest BCUT2D eigenvalue weighted by Gasteiger charge is 2.13. The summed E-state index contributed by atoms with van der Waals surface area (Å²) in [6, 6.07) is 15.5. The third-order valence-corrected chi connectivity index (χ3v) is 4.56. The molecule has 0 aliphatic carbocycles. The first-order valence-electron chi connectivity index (χ1n) is 8.33. The standard InChI is InChI=1S/C22H12Cl2FN3/c23-16-4-1-3-14(11-16)7-9-17-10-8-15(12-26-17)20-13-27-22(28-20)21-18(24)5-2-6-19(21)25/h1-6,8,10-13H,(H,27,28). The monoisotopic (exact) mass is 407 g/mol. The van der Waals surface area contributed by atoms with Crippen molar-refractivity contribution in [2.75, 3.05) is 0 Å². The normalized spacial score (nSPS) is 10.4. The summed E-state index contributed by atoms with van der Waals surface area (Å²) in [6.07, 6.45) is 3.30. The van der Waals surface area contributed by atoms with Gasteiger partial charge in [-0.15, -0.1) is 0 Å². The van der Waals surface area contributed by atoms with E-state index >= 15 is 0 Å². The van der Waals surface area contributed by atoms with Crippen LogP contribution >= 0.6 is 23.2 Å². The SMILES string of the molecule is Fc1cccc(Cl)c1-c1ncc(-c2ccc(C#Cc3cccc(Cl)c3)nc2)[nH]1. The van der Waals surface area contributed by atoms with Crippen LogP contribution in [0.3, 0.4) is 0 Å². The second-order valence-electron chi connectivity index (χ2n) is 5.93. The smallest absolute Gasteiger partial charge is 0.142 e. The van der Waals surface area contributed by atoms with Gasteiger partial charge in [0.2, 0.25) is 0 Å². The second kappa shape index (κ2) is 7.85. The van der Waals surface area contributed by atoms with Crippen LogP contribution in [0.25, 0.3) is 22.6 Å². The molecule has 0 saturated heterocycles. The Kier molecular flexibility index (Phi) is 5.12. The number of imidazole rings is 1. The van der Waals surface area contributed by atoms with Crippen molar-refractivity contribution < 1.29 is 4.39 Å². The van der Waals surface area contributed by atoms with Crippen LogP contribution in [0.4, 0.5) is 4.39 Å². The molecule has 28 heavy (non-hydrogen) atoms. The highest BCUT2D eigenvalue weighted by Crippen LogP contribution is 2.29. The number of hydrogen-bond acceptors (Lipinski definition) is 2. The number of rotatable bonds is 2. The third kappa shape index (κ3) is 3.91. The fraction of sp³-hybridized carbons (Fsp3) is 0. The largest absolute Gasteiger partial charge is 0.338 e. The Labute approximate surface area is 171 Å². The number of pyridine rings is 1. The van der Waals surface area contributed by atoms with Gasteiger partial charge >= 0.3 is 0 Å². The minimum absolute atomic E-state index is 0.243. The molecule has 2 heterocycles. The summed E-state index contributed by atoms with van der Waals surface area (Å²) in [5.74, 6) is 5.96. The topological polar surface area (TPSA) is 41.6 Å². The Morgan fingerprint density at radius 2 is 1.75 bits per heavy atom. The summed E-state index contributed by atoms with van der Waals surface area (Å²) in [7, 11) is 0. The molecule has 1 N–H and O–H groups in total. The van der Waals surface area contributed by atoms with Crippen LogP contribution in [-0.2, 0) is 0 Å². The van der Waals surface area contributed by atoms with Crippen molar-refractivity contribution in [3.05, 3.63) is 94.1 Å². The highest BCUT2D eigenvalue weighted by molar-refractivity contribution is 6.33. The first kappa shape index (κ1) is 18.2. The minimum atomic E-state index is -0.432. The van der Waals surface area contributed by atoms with Gasteiger partial charge < -0.3 is 4.98 Å². The summed E-state index contributed by atoms with van der Waals surface area (Å²) in [5, 5.41) is 0.936. The van der Waals surface area contributed by atoms with Crippen LogP contribution in [0.5, 0.6) is 0 Å². The molecule has 0 unspecified atom stereocenters. The minimum Gasteiger partial charge on any atom is -0.338 e. The zero-order valence-electron chi connectivity index (χ0n) is 14.4. The maximum atomic E-state index is 14.1. The second-order valence-corrected chi connectivity index (χ2v) is 6.78. The Hall–Kier alpha value is -3.13. The van der Waals surface area contributed by atoms with Crippen molar-refractivity contribution in [1.29, 1.82) is 0 Å². The molecule has 136 valence electrons. The number of aromatic nitrogens is 3. The van der Waals surface area contributed by atoms with Crippen LogP contribution in [0.2, 0.25) is 10.0 Å². The Morgan fingerprint density at radius 3 is 2.50 bits per heavy atom. The molecule has 2 aromatic carbocycles. The van der Waals surface area contributed by atoms with Gasteiger partial charge in [0.25, 0.3) is 0 Å². The lowest BCUT2D eigenvalue weighted by molar-refractivity contribution is 0.630. The average molecular weight is 408 g/mol. The van der Waals surface area contributed by atoms with E-state index in [1.807, 2.05) is 24.3 Å². The number of halogens is 3. The molecule has 0 fully saturated rings. The van der Waals surface area contributed by atoms with Gasteiger partial charge in [0.05, 0.1) is 22.5 Å². The van der Waals surface area contributed by atoms with Gasteiger partial charge in [-0.2, -0.15) is 0 Å². The predicted molar refractivity (Wildman–Crippen MR) is 110 cm³/mol. The van der Waals surface area contributed by atoms with E-state index in [1.165, 1.54) is 6.07 Å². The van der Waals surface area contributed by atoms with Crippen molar-refractivity contribution in [3.8, 4) is 34.5 Å². The molecular weight excluding hydrogens is 396 g/mol. The van der Waals surface area contributed by atoms with E-state index in [0.29, 0.717) is 27.3 Å². The lowest BCUT2D eigenvalue weighted by Gasteiger charge is -2.02. The molecule has 4 rings (SSSR count). The molecule has 4 aromatic rings. The molecule has 2 aromatic heterocycles. The molecule has 0 bridgehead atoms. The number of nitrogens with zero attached hydrogens (tertiary/aromatic N) is 2. The maximum Gasteiger partial charge on any atom is 0.142 e. The summed E-state index contributed by atoms with van der Waals surface area (Å²) < 4.78 is 14.1. The zero-order valence-corrected chi connectivity index (χ0v) is 15.9. The van der Waals surface area contributed by atoms with Crippen LogP contribution in [0.1, 0.15) is 11.3 Å². The fourth-order valence-corrected chi connectivity index (χ4v) is 3.09. The van der Waals surface area contributed by atoms with E-state index in [2.05, 4.69) is 26.8 Å². The van der Waals surface area contributed by atoms with Gasteiger partial charge in [0.15, 0.2) is 0 Å². The molecule has 0 spiro atoms. The summed E-state index contributed by atoms with van der Waals surface area (Å²) in [5.41, 5.74) is 3.20. The Morgan fingerprint density at radius 1 is 0.893 bits per heavy atom. The van der Waals surface area contributed by atoms with Crippen LogP contribution in [-0.4, -0.2) is 15.0 Å². The van der Waals surface area contributed by atoms with Crippen LogP contribution < -0.4 is 0 Å².